The smallest absolute Gasteiger partial charge is 0.341 e. The van der Waals surface area contributed by atoms with Gasteiger partial charge < -0.3 is 14.6 Å². The van der Waals surface area contributed by atoms with Gasteiger partial charge >= 0.3 is 5.97 Å². The van der Waals surface area contributed by atoms with Gasteiger partial charge in [0.25, 0.3) is 0 Å². The van der Waals surface area contributed by atoms with Gasteiger partial charge in [-0.05, 0) is 43.7 Å². The summed E-state index contributed by atoms with van der Waals surface area (Å²) in [5.41, 5.74) is 1.90. The Balaban J connectivity index is 1.69. The molecule has 2 aromatic heterocycles. The van der Waals surface area contributed by atoms with Crippen molar-refractivity contribution in [3.05, 3.63) is 46.1 Å². The molecule has 0 atom stereocenters. The van der Waals surface area contributed by atoms with Crippen LogP contribution in [0.3, 0.4) is 0 Å². The van der Waals surface area contributed by atoms with E-state index in [0.717, 1.165) is 16.0 Å². The van der Waals surface area contributed by atoms with Gasteiger partial charge in [-0.1, -0.05) is 11.8 Å². The lowest BCUT2D eigenvalue weighted by Gasteiger charge is -2.06. The van der Waals surface area contributed by atoms with E-state index in [-0.39, 0.29) is 17.5 Å². The molecule has 0 unspecified atom stereocenters. The van der Waals surface area contributed by atoms with Gasteiger partial charge in [0.05, 0.1) is 18.4 Å². The highest BCUT2D eigenvalue weighted by atomic mass is 32.2. The molecule has 3 rings (SSSR count). The minimum Gasteiger partial charge on any atom is -0.465 e. The fourth-order valence-electron chi connectivity index (χ4n) is 2.65. The maximum atomic E-state index is 13.1. The van der Waals surface area contributed by atoms with Crippen molar-refractivity contribution >= 4 is 40.0 Å². The van der Waals surface area contributed by atoms with Gasteiger partial charge in [0.1, 0.15) is 10.8 Å². The van der Waals surface area contributed by atoms with Crippen LogP contribution < -0.4 is 5.32 Å². The Bertz CT molecular complexity index is 1060. The average molecular weight is 435 g/mol. The second-order valence-electron chi connectivity index (χ2n) is 6.19. The fraction of sp³-hybridized carbons (Fsp3) is 0.263. The molecular formula is C19H19FN4O3S2. The first kappa shape index (κ1) is 21.0. The van der Waals surface area contributed by atoms with Crippen LogP contribution in [0, 0.1) is 19.7 Å². The number of hydrogen-bond acceptors (Lipinski definition) is 7. The molecule has 1 N–H and O–H groups in total. The van der Waals surface area contributed by atoms with Gasteiger partial charge in [0.2, 0.25) is 5.91 Å². The van der Waals surface area contributed by atoms with E-state index in [1.165, 1.54) is 42.3 Å². The van der Waals surface area contributed by atoms with E-state index in [1.54, 1.807) is 23.7 Å². The van der Waals surface area contributed by atoms with Crippen LogP contribution in [0.25, 0.3) is 11.4 Å². The molecule has 0 radical (unpaired) electrons. The lowest BCUT2D eigenvalue weighted by Crippen LogP contribution is -2.16. The number of thiophene rings is 1. The minimum atomic E-state index is -0.480. The summed E-state index contributed by atoms with van der Waals surface area (Å²) in [6.45, 7) is 3.70. The Morgan fingerprint density at radius 1 is 1.24 bits per heavy atom. The molecule has 0 bridgehead atoms. The Kier molecular flexibility index (Phi) is 6.33. The lowest BCUT2D eigenvalue weighted by molar-refractivity contribution is -0.113. The third-order valence-electron chi connectivity index (χ3n) is 4.30. The van der Waals surface area contributed by atoms with Crippen LogP contribution in [-0.4, -0.2) is 39.5 Å². The number of anilines is 1. The molecule has 29 heavy (non-hydrogen) atoms. The summed E-state index contributed by atoms with van der Waals surface area (Å²) < 4.78 is 19.7. The number of amides is 1. The molecule has 152 valence electrons. The number of ether oxygens (including phenoxy) is 1. The molecule has 0 spiro atoms. The number of hydrogen-bond donors (Lipinski definition) is 1. The number of carbonyl (C=O) groups is 2. The van der Waals surface area contributed by atoms with Crippen LogP contribution >= 0.6 is 23.1 Å². The van der Waals surface area contributed by atoms with Gasteiger partial charge in [-0.15, -0.1) is 21.5 Å². The number of aromatic nitrogens is 3. The van der Waals surface area contributed by atoms with Gasteiger partial charge in [0.15, 0.2) is 11.0 Å². The average Bonchev–Trinajstić information content (AvgIpc) is 3.19. The van der Waals surface area contributed by atoms with Crippen molar-refractivity contribution in [3.63, 3.8) is 0 Å². The van der Waals surface area contributed by atoms with Gasteiger partial charge in [-0.2, -0.15) is 0 Å². The van der Waals surface area contributed by atoms with Gasteiger partial charge in [-0.3, -0.25) is 4.79 Å². The van der Waals surface area contributed by atoms with Gasteiger partial charge in [-0.25, -0.2) is 9.18 Å². The van der Waals surface area contributed by atoms with Crippen LogP contribution in [-0.2, 0) is 16.6 Å². The van der Waals surface area contributed by atoms with E-state index in [2.05, 4.69) is 15.5 Å². The number of halogens is 1. The van der Waals surface area contributed by atoms with Crippen LogP contribution in [0.5, 0.6) is 0 Å². The standard InChI is InChI=1S/C19H19FN4O3S2/c1-10-11(2)29-17(15(10)18(26)27-4)21-14(25)9-28-19-23-22-16(24(19)3)12-5-7-13(20)8-6-12/h5-8H,9H2,1-4H3,(H,21,25). The fourth-order valence-corrected chi connectivity index (χ4v) is 4.42. The normalized spacial score (nSPS) is 10.8. The first-order valence-corrected chi connectivity index (χ1v) is 10.4. The van der Waals surface area contributed by atoms with E-state index in [1.807, 2.05) is 13.8 Å². The lowest BCUT2D eigenvalue weighted by atomic mass is 10.1. The third-order valence-corrected chi connectivity index (χ3v) is 6.44. The van der Waals surface area contributed by atoms with Crippen molar-refractivity contribution in [2.45, 2.75) is 19.0 Å². The van der Waals surface area contributed by atoms with Crippen LogP contribution in [0.15, 0.2) is 29.4 Å². The summed E-state index contributed by atoms with van der Waals surface area (Å²) in [5, 5.41) is 12.0. The number of methoxy groups -OCH3 is 1. The van der Waals surface area contributed by atoms with Gasteiger partial charge in [0, 0.05) is 17.5 Å². The van der Waals surface area contributed by atoms with Crippen molar-refractivity contribution in [1.29, 1.82) is 0 Å². The highest BCUT2D eigenvalue weighted by Crippen LogP contribution is 2.33. The van der Waals surface area contributed by atoms with Crippen molar-refractivity contribution in [2.75, 3.05) is 18.2 Å². The number of nitrogens with zero attached hydrogens (tertiary/aromatic N) is 3. The van der Waals surface area contributed by atoms with E-state index < -0.39 is 5.97 Å². The maximum Gasteiger partial charge on any atom is 0.341 e. The number of aryl methyl sites for hydroxylation is 1. The quantitative estimate of drug-likeness (QED) is 0.469. The zero-order valence-corrected chi connectivity index (χ0v) is 17.9. The second-order valence-corrected chi connectivity index (χ2v) is 8.36. The molecule has 0 aliphatic carbocycles. The molecule has 1 aromatic carbocycles. The van der Waals surface area contributed by atoms with Crippen LogP contribution in [0.1, 0.15) is 20.8 Å². The summed E-state index contributed by atoms with van der Waals surface area (Å²) in [6.07, 6.45) is 0. The molecular weight excluding hydrogens is 415 g/mol. The van der Waals surface area contributed by atoms with E-state index in [9.17, 15) is 14.0 Å². The second kappa shape index (κ2) is 8.75. The SMILES string of the molecule is COC(=O)c1c(NC(=O)CSc2nnc(-c3ccc(F)cc3)n2C)sc(C)c1C. The van der Waals surface area contributed by atoms with Crippen molar-refractivity contribution in [1.82, 2.24) is 14.8 Å². The zero-order valence-electron chi connectivity index (χ0n) is 16.3. The van der Waals surface area contributed by atoms with Crippen molar-refractivity contribution in [2.24, 2.45) is 7.05 Å². The Morgan fingerprint density at radius 3 is 2.59 bits per heavy atom. The summed E-state index contributed by atoms with van der Waals surface area (Å²) >= 11 is 2.55. The Hall–Kier alpha value is -2.72. The molecule has 0 saturated carbocycles. The molecule has 0 saturated heterocycles. The van der Waals surface area contributed by atoms with E-state index >= 15 is 0 Å². The predicted octanol–water partition coefficient (Wildman–Crippen LogP) is 3.82. The molecule has 2 heterocycles. The van der Waals surface area contributed by atoms with E-state index in [0.29, 0.717) is 21.5 Å². The molecule has 0 aliphatic rings. The topological polar surface area (TPSA) is 86.1 Å². The zero-order chi connectivity index (χ0) is 21.1. The van der Waals surface area contributed by atoms with Crippen molar-refractivity contribution in [3.8, 4) is 11.4 Å². The van der Waals surface area contributed by atoms with E-state index in [4.69, 9.17) is 4.74 Å². The predicted molar refractivity (Wildman–Crippen MR) is 111 cm³/mol. The third kappa shape index (κ3) is 4.48. The highest BCUT2D eigenvalue weighted by Gasteiger charge is 2.22. The first-order valence-electron chi connectivity index (χ1n) is 8.58. The summed E-state index contributed by atoms with van der Waals surface area (Å²) in [4.78, 5) is 25.4. The Labute approximate surface area is 175 Å². The van der Waals surface area contributed by atoms with Crippen LogP contribution in [0.2, 0.25) is 0 Å². The molecule has 0 fully saturated rings. The maximum absolute atomic E-state index is 13.1. The number of rotatable bonds is 6. The monoisotopic (exact) mass is 434 g/mol. The largest absolute Gasteiger partial charge is 0.465 e. The number of carbonyl (C=O) groups excluding carboxylic acids is 2. The Morgan fingerprint density at radius 2 is 1.93 bits per heavy atom. The number of esters is 1. The molecule has 1 amide bonds. The summed E-state index contributed by atoms with van der Waals surface area (Å²) in [5.74, 6) is -0.413. The molecule has 10 heteroatoms. The minimum absolute atomic E-state index is 0.0893. The summed E-state index contributed by atoms with van der Waals surface area (Å²) in [7, 11) is 3.09. The molecule has 0 aliphatic heterocycles. The molecule has 3 aromatic rings. The number of benzene rings is 1. The molecule has 7 nitrogen and oxygen atoms in total. The number of nitrogens with one attached hydrogen (secondary N) is 1. The number of thioether (sulfide) groups is 1. The van der Waals surface area contributed by atoms with Crippen LogP contribution in [0.4, 0.5) is 9.39 Å². The highest BCUT2D eigenvalue weighted by molar-refractivity contribution is 7.99. The van der Waals surface area contributed by atoms with Crippen molar-refractivity contribution < 1.29 is 18.7 Å². The summed E-state index contributed by atoms with van der Waals surface area (Å²) in [6, 6.07) is 5.95. The first-order chi connectivity index (χ1) is 13.8.